The fraction of sp³-hybridized carbons (Fsp3) is 0.481. The summed E-state index contributed by atoms with van der Waals surface area (Å²) in [4.78, 5) is 80.3. The summed E-state index contributed by atoms with van der Waals surface area (Å²) in [6.07, 6.45) is -3.04. The number of ether oxygens (including phenoxy) is 2. The van der Waals surface area contributed by atoms with Gasteiger partial charge in [0.05, 0.1) is 47.4 Å². The van der Waals surface area contributed by atoms with Gasteiger partial charge in [-0.15, -0.1) is 0 Å². The molecule has 0 aliphatic carbocycles. The molecule has 7 atom stereocenters. The van der Waals surface area contributed by atoms with E-state index in [1.165, 1.54) is 26.2 Å². The molecule has 27 heteroatoms. The second-order valence-electron chi connectivity index (χ2n) is 12.0. The van der Waals surface area contributed by atoms with E-state index in [-0.39, 0.29) is 24.0 Å². The number of H-pyrrole nitrogens is 2. The quantitative estimate of drug-likeness (QED) is 0.0528. The molecule has 0 amide bonds. The first-order chi connectivity index (χ1) is 25.6. The van der Waals surface area contributed by atoms with Crippen LogP contribution < -0.4 is 22.5 Å². The lowest BCUT2D eigenvalue weighted by atomic mass is 10.1. The van der Waals surface area contributed by atoms with E-state index in [2.05, 4.69) is 30.0 Å². The summed E-state index contributed by atoms with van der Waals surface area (Å²) in [5, 5.41) is 42.6. The first-order valence-electron chi connectivity index (χ1n) is 15.6. The Hall–Kier alpha value is -5.97. The molecular formula is C27H29N12O14P. The van der Waals surface area contributed by atoms with Crippen molar-refractivity contribution in [3.05, 3.63) is 130 Å². The number of nitrogens with one attached hydrogen (secondary N) is 2. The van der Waals surface area contributed by atoms with E-state index in [9.17, 15) is 60.1 Å². The Morgan fingerprint density at radius 1 is 0.889 bits per heavy atom. The molecule has 1 aromatic carbocycles. The third kappa shape index (κ3) is 8.00. The van der Waals surface area contributed by atoms with Crippen LogP contribution in [0.2, 0.25) is 0 Å². The summed E-state index contributed by atoms with van der Waals surface area (Å²) < 4.78 is 39.5. The summed E-state index contributed by atoms with van der Waals surface area (Å²) >= 11 is 0. The van der Waals surface area contributed by atoms with Crippen molar-refractivity contribution in [1.82, 2.24) is 19.1 Å². The molecule has 2 saturated heterocycles. The number of nitrogens with zero attached hydrogens (tertiary/aromatic N) is 10. The van der Waals surface area contributed by atoms with Gasteiger partial charge in [-0.3, -0.25) is 53.5 Å². The zero-order valence-electron chi connectivity index (χ0n) is 27.9. The number of nitro groups is 2. The fourth-order valence-electron chi connectivity index (χ4n) is 5.86. The minimum atomic E-state index is -5.31. The summed E-state index contributed by atoms with van der Waals surface area (Å²) in [7, 11) is -5.31. The molecule has 3 N–H and O–H groups in total. The van der Waals surface area contributed by atoms with Crippen molar-refractivity contribution in [3.8, 4) is 0 Å². The van der Waals surface area contributed by atoms with E-state index in [0.29, 0.717) is 0 Å². The second kappa shape index (κ2) is 16.0. The van der Waals surface area contributed by atoms with Gasteiger partial charge in [0.15, 0.2) is 5.85 Å². The summed E-state index contributed by atoms with van der Waals surface area (Å²) in [5.41, 5.74) is 12.4. The van der Waals surface area contributed by atoms with Crippen molar-refractivity contribution in [2.45, 2.75) is 69.3 Å². The molecule has 2 aliphatic heterocycles. The topological polar surface area (TPSA) is 368 Å². The number of benzene rings is 1. The van der Waals surface area contributed by atoms with Crippen molar-refractivity contribution < 1.29 is 38.0 Å². The van der Waals surface area contributed by atoms with Crippen LogP contribution in [0.15, 0.2) is 60.0 Å². The Bertz CT molecular complexity index is 2210. The van der Waals surface area contributed by atoms with Crippen LogP contribution in [0.1, 0.15) is 47.8 Å². The molecule has 26 nitrogen and oxygen atoms in total. The molecule has 2 fully saturated rings. The van der Waals surface area contributed by atoms with E-state index in [4.69, 9.17) is 18.5 Å². The van der Waals surface area contributed by atoms with Gasteiger partial charge in [0, 0.05) is 58.3 Å². The average Bonchev–Trinajstić information content (AvgIpc) is 3.72. The van der Waals surface area contributed by atoms with Crippen molar-refractivity contribution in [3.63, 3.8) is 0 Å². The Labute approximate surface area is 299 Å². The molecule has 1 unspecified atom stereocenters. The Kier molecular flexibility index (Phi) is 11.6. The maximum absolute atomic E-state index is 14.6. The molecule has 54 heavy (non-hydrogen) atoms. The number of aliphatic hydroxyl groups excluding tert-OH is 1. The molecule has 286 valence electrons. The number of hydrogen-bond acceptors (Lipinski definition) is 16. The van der Waals surface area contributed by atoms with Gasteiger partial charge in [0.1, 0.15) is 18.0 Å². The van der Waals surface area contributed by atoms with Gasteiger partial charge in [-0.05, 0) is 31.0 Å². The van der Waals surface area contributed by atoms with Gasteiger partial charge < -0.3 is 23.6 Å². The Balaban J connectivity index is 1.49. The molecule has 0 saturated carbocycles. The summed E-state index contributed by atoms with van der Waals surface area (Å²) in [5.74, 6) is -2.74. The van der Waals surface area contributed by atoms with E-state index < -0.39 is 113 Å². The standard InChI is InChI=1S/C27H29N12O14P/c1-12-8-36(26(43)30-23(12)40)20-6-14(32-34-28)18(52-20)10-50-54(49,25(42)22-16(38(45)46)4-3-5-17(22)39(47)48)51-11-19-15(33-35-29)7-21(53-19)37-9-13(2)24(41)31-27(37)44/h3-5,8-9,14-15,18-21,25,42H,6-7,10-11H2,1-2H3,(H,30,40,43)(H,31,41,44)/t14-,15-,18+,19+,20+,21+,25?/m0/s1. The molecule has 0 spiro atoms. The van der Waals surface area contributed by atoms with E-state index in [0.717, 1.165) is 27.3 Å². The Morgan fingerprint density at radius 2 is 1.30 bits per heavy atom. The highest BCUT2D eigenvalue weighted by Gasteiger charge is 2.48. The molecule has 3 aromatic rings. The monoisotopic (exact) mass is 776 g/mol. The van der Waals surface area contributed by atoms with Crippen LogP contribution >= 0.6 is 7.60 Å². The largest absolute Gasteiger partial charge is 0.376 e. The molecule has 0 bridgehead atoms. The minimum absolute atomic E-state index is 0.126. The van der Waals surface area contributed by atoms with Gasteiger partial charge >= 0.3 is 19.0 Å². The number of azide groups is 2. The minimum Gasteiger partial charge on any atom is -0.376 e. The maximum atomic E-state index is 14.6. The van der Waals surface area contributed by atoms with Gasteiger partial charge in [0.25, 0.3) is 22.5 Å². The second-order valence-corrected chi connectivity index (χ2v) is 14.0. The summed E-state index contributed by atoms with van der Waals surface area (Å²) in [6.45, 7) is 1.07. The van der Waals surface area contributed by atoms with E-state index >= 15 is 0 Å². The lowest BCUT2D eigenvalue weighted by Gasteiger charge is -2.27. The molecule has 4 heterocycles. The van der Waals surface area contributed by atoms with Crippen molar-refractivity contribution >= 4 is 19.0 Å². The Morgan fingerprint density at radius 3 is 1.67 bits per heavy atom. The molecular weight excluding hydrogens is 747 g/mol. The predicted molar refractivity (Wildman–Crippen MR) is 179 cm³/mol. The van der Waals surface area contributed by atoms with E-state index in [1.807, 2.05) is 0 Å². The smallest absolute Gasteiger partial charge is 0.364 e. The highest BCUT2D eigenvalue weighted by atomic mass is 31.2. The van der Waals surface area contributed by atoms with Crippen LogP contribution in [0.4, 0.5) is 11.4 Å². The number of aromatic amines is 2. The van der Waals surface area contributed by atoms with Crippen molar-refractivity contribution in [2.24, 2.45) is 10.2 Å². The molecule has 5 rings (SSSR count). The van der Waals surface area contributed by atoms with Crippen LogP contribution in [0.3, 0.4) is 0 Å². The molecule has 2 aliphatic rings. The summed E-state index contributed by atoms with van der Waals surface area (Å²) in [6, 6.07) is 0.270. The highest BCUT2D eigenvalue weighted by Crippen LogP contribution is 2.63. The maximum Gasteiger partial charge on any atom is 0.364 e. The fourth-order valence-corrected chi connectivity index (χ4v) is 7.51. The average molecular weight is 777 g/mol. The van der Waals surface area contributed by atoms with Crippen LogP contribution in [-0.4, -0.2) is 71.6 Å². The van der Waals surface area contributed by atoms with E-state index in [1.54, 1.807) is 0 Å². The number of nitro benzene ring substituents is 2. The first-order valence-corrected chi connectivity index (χ1v) is 17.2. The van der Waals surface area contributed by atoms with Gasteiger partial charge in [-0.2, -0.15) is 0 Å². The van der Waals surface area contributed by atoms with Gasteiger partial charge in [0.2, 0.25) is 0 Å². The zero-order valence-corrected chi connectivity index (χ0v) is 28.8. The van der Waals surface area contributed by atoms with Crippen LogP contribution in [0.5, 0.6) is 0 Å². The van der Waals surface area contributed by atoms with Crippen LogP contribution in [0.25, 0.3) is 20.9 Å². The first kappa shape index (κ1) is 39.2. The zero-order chi connectivity index (χ0) is 39.5. The third-order valence-electron chi connectivity index (χ3n) is 8.57. The van der Waals surface area contributed by atoms with Crippen molar-refractivity contribution in [1.29, 1.82) is 0 Å². The van der Waals surface area contributed by atoms with Crippen LogP contribution in [0, 0.1) is 34.1 Å². The number of aromatic nitrogens is 4. The lowest BCUT2D eigenvalue weighted by Crippen LogP contribution is -2.33. The molecule has 2 aromatic heterocycles. The van der Waals surface area contributed by atoms with Crippen LogP contribution in [-0.2, 0) is 23.1 Å². The molecule has 0 radical (unpaired) electrons. The normalized spacial score (nSPS) is 23.8. The third-order valence-corrected chi connectivity index (χ3v) is 10.4. The number of rotatable bonds is 14. The predicted octanol–water partition coefficient (Wildman–Crippen LogP) is 2.37. The highest BCUT2D eigenvalue weighted by molar-refractivity contribution is 7.54. The van der Waals surface area contributed by atoms with Gasteiger partial charge in [-0.25, -0.2) is 9.59 Å². The number of aliphatic hydroxyl groups is 1. The number of hydrogen-bond donors (Lipinski definition) is 3. The van der Waals surface area contributed by atoms with Crippen molar-refractivity contribution in [2.75, 3.05) is 13.2 Å². The lowest BCUT2D eigenvalue weighted by molar-refractivity contribution is -0.396. The SMILES string of the molecule is Cc1cn([C@H]2C[C@H](N=[N+]=[N-])[C@@H](COP(=O)(OC[C@H]3O[C@@H](n4cc(C)c(=O)[nH]c4=O)C[C@@H]3N=[N+]=[N-])C(O)c3c([N+](=O)[O-])cccc3[N+](=O)[O-])O2)c(=O)[nH]c1=O. The number of aryl methyl sites for hydroxylation is 2. The van der Waals surface area contributed by atoms with Gasteiger partial charge in [-0.1, -0.05) is 10.2 Å².